The minimum atomic E-state index is -0.0294. The number of benzene rings is 1. The third-order valence-corrected chi connectivity index (χ3v) is 4.99. The summed E-state index contributed by atoms with van der Waals surface area (Å²) >= 11 is 0. The highest BCUT2D eigenvalue weighted by Crippen LogP contribution is 2.27. The van der Waals surface area contributed by atoms with Crippen molar-refractivity contribution in [3.8, 4) is 0 Å². The molecule has 0 radical (unpaired) electrons. The summed E-state index contributed by atoms with van der Waals surface area (Å²) in [6, 6.07) is 12.1. The molecular formula is C20H23N3O2. The smallest absolute Gasteiger partial charge is 0.322 e. The second-order valence-electron chi connectivity index (χ2n) is 6.94. The number of nitrogens with one attached hydrogen (secondary N) is 1. The number of nitrogens with zero attached hydrogens (tertiary/aromatic N) is 2. The maximum atomic E-state index is 12.7. The molecule has 2 atom stereocenters. The lowest BCUT2D eigenvalue weighted by atomic mass is 10.1. The Morgan fingerprint density at radius 2 is 2.04 bits per heavy atom. The van der Waals surface area contributed by atoms with E-state index in [0.29, 0.717) is 13.1 Å². The zero-order chi connectivity index (χ0) is 17.2. The molecule has 1 aromatic carbocycles. The summed E-state index contributed by atoms with van der Waals surface area (Å²) in [4.78, 5) is 18.9. The van der Waals surface area contributed by atoms with Crippen LogP contribution in [0.4, 0.5) is 10.5 Å². The molecule has 5 nitrogen and oxygen atoms in total. The zero-order valence-corrected chi connectivity index (χ0v) is 14.4. The molecule has 2 aliphatic rings. The van der Waals surface area contributed by atoms with E-state index in [-0.39, 0.29) is 18.2 Å². The van der Waals surface area contributed by atoms with E-state index in [4.69, 9.17) is 4.74 Å². The molecular weight excluding hydrogens is 314 g/mol. The number of urea groups is 1. The van der Waals surface area contributed by atoms with Crippen molar-refractivity contribution in [1.29, 1.82) is 0 Å². The molecule has 2 aromatic rings. The average molecular weight is 337 g/mol. The Morgan fingerprint density at radius 1 is 1.24 bits per heavy atom. The van der Waals surface area contributed by atoms with Crippen LogP contribution in [0.1, 0.15) is 29.7 Å². The topological polar surface area (TPSA) is 54.5 Å². The third kappa shape index (κ3) is 3.66. The van der Waals surface area contributed by atoms with Gasteiger partial charge in [0.05, 0.1) is 12.2 Å². The van der Waals surface area contributed by atoms with Gasteiger partial charge in [0.15, 0.2) is 0 Å². The van der Waals surface area contributed by atoms with Crippen LogP contribution < -0.4 is 5.32 Å². The second-order valence-corrected chi connectivity index (χ2v) is 6.94. The zero-order valence-electron chi connectivity index (χ0n) is 14.4. The Morgan fingerprint density at radius 3 is 2.76 bits per heavy atom. The lowest BCUT2D eigenvalue weighted by molar-refractivity contribution is -0.0219. The summed E-state index contributed by atoms with van der Waals surface area (Å²) in [5.74, 6) is 0. The highest BCUT2D eigenvalue weighted by Gasteiger charge is 2.35. The van der Waals surface area contributed by atoms with Gasteiger partial charge in [0, 0.05) is 37.1 Å². The van der Waals surface area contributed by atoms with Crippen LogP contribution in [-0.4, -0.2) is 41.2 Å². The number of carbonyl (C=O) groups excluding carboxylic acids is 1. The molecule has 2 amide bonds. The molecule has 130 valence electrons. The summed E-state index contributed by atoms with van der Waals surface area (Å²) < 4.78 is 5.81. The number of aryl methyl sites for hydroxylation is 1. The van der Waals surface area contributed by atoms with Crippen LogP contribution in [0.2, 0.25) is 0 Å². The monoisotopic (exact) mass is 337 g/mol. The van der Waals surface area contributed by atoms with Crippen LogP contribution in [0.3, 0.4) is 0 Å². The predicted molar refractivity (Wildman–Crippen MR) is 96.7 cm³/mol. The Balaban J connectivity index is 1.46. The lowest BCUT2D eigenvalue weighted by Crippen LogP contribution is -2.47. The number of rotatable bonds is 3. The van der Waals surface area contributed by atoms with E-state index in [1.807, 2.05) is 30.0 Å². The molecule has 2 bridgehead atoms. The predicted octanol–water partition coefficient (Wildman–Crippen LogP) is 3.38. The number of fused-ring (bicyclic) bond motifs is 2. The molecule has 2 saturated heterocycles. The lowest BCUT2D eigenvalue weighted by Gasteiger charge is -2.32. The molecule has 25 heavy (non-hydrogen) atoms. The number of pyridine rings is 1. The maximum absolute atomic E-state index is 12.7. The van der Waals surface area contributed by atoms with E-state index in [9.17, 15) is 4.79 Å². The molecule has 2 aliphatic heterocycles. The van der Waals surface area contributed by atoms with Crippen molar-refractivity contribution in [3.05, 3.63) is 59.4 Å². The first-order chi connectivity index (χ1) is 12.2. The van der Waals surface area contributed by atoms with Crippen molar-refractivity contribution in [2.24, 2.45) is 0 Å². The first-order valence-electron chi connectivity index (χ1n) is 8.88. The van der Waals surface area contributed by atoms with Crippen molar-refractivity contribution in [2.45, 2.75) is 38.4 Å². The van der Waals surface area contributed by atoms with E-state index in [2.05, 4.69) is 28.5 Å². The number of amides is 2. The van der Waals surface area contributed by atoms with Crippen LogP contribution in [0.25, 0.3) is 0 Å². The van der Waals surface area contributed by atoms with Crippen LogP contribution in [0.5, 0.6) is 0 Å². The van der Waals surface area contributed by atoms with E-state index in [1.165, 1.54) is 0 Å². The van der Waals surface area contributed by atoms with E-state index in [0.717, 1.165) is 41.8 Å². The molecule has 0 aliphatic carbocycles. The van der Waals surface area contributed by atoms with Crippen molar-refractivity contribution in [2.75, 3.05) is 18.4 Å². The normalized spacial score (nSPS) is 22.0. The minimum absolute atomic E-state index is 0.0294. The quantitative estimate of drug-likeness (QED) is 0.934. The van der Waals surface area contributed by atoms with Crippen molar-refractivity contribution < 1.29 is 9.53 Å². The molecule has 0 saturated carbocycles. The van der Waals surface area contributed by atoms with Crippen molar-refractivity contribution in [1.82, 2.24) is 9.88 Å². The van der Waals surface area contributed by atoms with Gasteiger partial charge in [0.2, 0.25) is 0 Å². The first kappa shape index (κ1) is 16.1. The number of anilines is 1. The van der Waals surface area contributed by atoms with Gasteiger partial charge >= 0.3 is 6.03 Å². The fourth-order valence-corrected chi connectivity index (χ4v) is 3.60. The van der Waals surface area contributed by atoms with Crippen LogP contribution in [-0.2, 0) is 11.2 Å². The van der Waals surface area contributed by atoms with E-state index >= 15 is 0 Å². The Hall–Kier alpha value is -2.40. The van der Waals surface area contributed by atoms with Gasteiger partial charge in [-0.2, -0.15) is 0 Å². The molecule has 3 heterocycles. The molecule has 1 N–H and O–H groups in total. The summed E-state index contributed by atoms with van der Waals surface area (Å²) in [5.41, 5.74) is 4.10. The SMILES string of the molecule is Cc1ccc(Cc2ccccn2)cc1NC(=O)N1CC2CCC(C1)O2. The van der Waals surface area contributed by atoms with Gasteiger partial charge in [-0.05, 0) is 49.1 Å². The fourth-order valence-electron chi connectivity index (χ4n) is 3.60. The van der Waals surface area contributed by atoms with Crippen LogP contribution in [0.15, 0.2) is 42.6 Å². The summed E-state index contributed by atoms with van der Waals surface area (Å²) in [7, 11) is 0. The standard InChI is InChI=1S/C20H23N3O2/c1-14-5-6-15(10-16-4-2-3-9-21-16)11-19(14)22-20(24)23-12-17-7-8-18(13-23)25-17/h2-6,9,11,17-18H,7-8,10,12-13H2,1H3,(H,22,24). The van der Waals surface area contributed by atoms with Crippen molar-refractivity contribution >= 4 is 11.7 Å². The molecule has 4 rings (SSSR count). The van der Waals surface area contributed by atoms with E-state index in [1.54, 1.807) is 6.20 Å². The van der Waals surface area contributed by atoms with Gasteiger partial charge in [-0.3, -0.25) is 4.98 Å². The summed E-state index contributed by atoms with van der Waals surface area (Å²) in [5, 5.41) is 3.09. The fraction of sp³-hybridized carbons (Fsp3) is 0.400. The van der Waals surface area contributed by atoms with Gasteiger partial charge in [0.1, 0.15) is 0 Å². The van der Waals surface area contributed by atoms with Gasteiger partial charge in [-0.25, -0.2) is 4.79 Å². The number of hydrogen-bond donors (Lipinski definition) is 1. The average Bonchev–Trinajstić information content (AvgIpc) is 2.96. The number of aromatic nitrogens is 1. The second kappa shape index (κ2) is 6.84. The molecule has 0 spiro atoms. The Labute approximate surface area is 148 Å². The Bertz CT molecular complexity index is 751. The van der Waals surface area contributed by atoms with Gasteiger partial charge < -0.3 is 15.0 Å². The highest BCUT2D eigenvalue weighted by atomic mass is 16.5. The largest absolute Gasteiger partial charge is 0.371 e. The number of carbonyl (C=O) groups is 1. The number of hydrogen-bond acceptors (Lipinski definition) is 3. The van der Waals surface area contributed by atoms with Gasteiger partial charge in [0.25, 0.3) is 0 Å². The van der Waals surface area contributed by atoms with Gasteiger partial charge in [-0.1, -0.05) is 18.2 Å². The van der Waals surface area contributed by atoms with E-state index < -0.39 is 0 Å². The molecule has 2 unspecified atom stereocenters. The number of likely N-dealkylation sites (tertiary alicyclic amines) is 1. The minimum Gasteiger partial charge on any atom is -0.371 e. The molecule has 2 fully saturated rings. The molecule has 5 heteroatoms. The number of ether oxygens (including phenoxy) is 1. The van der Waals surface area contributed by atoms with Gasteiger partial charge in [-0.15, -0.1) is 0 Å². The summed E-state index contributed by atoms with van der Waals surface area (Å²) in [6.45, 7) is 3.40. The third-order valence-electron chi connectivity index (χ3n) is 4.99. The molecule has 1 aromatic heterocycles. The highest BCUT2D eigenvalue weighted by molar-refractivity contribution is 5.90. The maximum Gasteiger partial charge on any atom is 0.322 e. The van der Waals surface area contributed by atoms with Crippen molar-refractivity contribution in [3.63, 3.8) is 0 Å². The van der Waals surface area contributed by atoms with Crippen LogP contribution in [0, 0.1) is 6.92 Å². The number of morpholine rings is 1. The van der Waals surface area contributed by atoms with Crippen LogP contribution >= 0.6 is 0 Å². The summed E-state index contributed by atoms with van der Waals surface area (Å²) in [6.07, 6.45) is 5.10. The Kier molecular flexibility index (Phi) is 4.40. The first-order valence-corrected chi connectivity index (χ1v) is 8.88.